The largest absolute Gasteiger partial charge is 0.398 e. The molecule has 1 fully saturated rings. The molecule has 0 radical (unpaired) electrons. The smallest absolute Gasteiger partial charge is 0.243 e. The van der Waals surface area contributed by atoms with Crippen molar-refractivity contribution < 1.29 is 8.42 Å². The second-order valence-corrected chi connectivity index (χ2v) is 7.80. The van der Waals surface area contributed by atoms with Gasteiger partial charge in [-0.2, -0.15) is 4.31 Å². The summed E-state index contributed by atoms with van der Waals surface area (Å²) >= 11 is 5.91. The van der Waals surface area contributed by atoms with Gasteiger partial charge in [-0.05, 0) is 36.5 Å². The summed E-state index contributed by atoms with van der Waals surface area (Å²) in [4.78, 5) is 0.216. The highest BCUT2D eigenvalue weighted by Gasteiger charge is 2.31. The van der Waals surface area contributed by atoms with E-state index in [1.165, 1.54) is 18.2 Å². The van der Waals surface area contributed by atoms with E-state index >= 15 is 0 Å². The van der Waals surface area contributed by atoms with E-state index in [1.807, 2.05) is 0 Å². The quantitative estimate of drug-likeness (QED) is 0.854. The third-order valence-electron chi connectivity index (χ3n) is 3.45. The molecule has 2 unspecified atom stereocenters. The van der Waals surface area contributed by atoms with Gasteiger partial charge in [0.05, 0.1) is 15.6 Å². The standard InChI is InChI=1S/C13H19ClN2O2S/c1-9-5-10(2)8-16(7-9)19(17,18)11-3-4-13(15)12(14)6-11/h3-4,6,9-10H,5,7-8,15H2,1-2H3. The average Bonchev–Trinajstić information content (AvgIpc) is 2.31. The molecule has 1 saturated heterocycles. The Kier molecular flexibility index (Phi) is 4.08. The number of hydrogen-bond donors (Lipinski definition) is 1. The van der Waals surface area contributed by atoms with Gasteiger partial charge in [-0.15, -0.1) is 0 Å². The summed E-state index contributed by atoms with van der Waals surface area (Å²) in [7, 11) is -3.47. The van der Waals surface area contributed by atoms with E-state index < -0.39 is 10.0 Å². The molecule has 6 heteroatoms. The Hall–Kier alpha value is -0.780. The maximum Gasteiger partial charge on any atom is 0.243 e. The summed E-state index contributed by atoms with van der Waals surface area (Å²) < 4.78 is 26.7. The Morgan fingerprint density at radius 3 is 2.37 bits per heavy atom. The molecule has 1 heterocycles. The summed E-state index contributed by atoms with van der Waals surface area (Å²) in [6.45, 7) is 5.28. The van der Waals surface area contributed by atoms with Crippen LogP contribution in [0, 0.1) is 11.8 Å². The van der Waals surface area contributed by atoms with E-state index in [1.54, 1.807) is 4.31 Å². The van der Waals surface area contributed by atoms with Crippen molar-refractivity contribution in [3.05, 3.63) is 23.2 Å². The highest BCUT2D eigenvalue weighted by atomic mass is 35.5. The number of nitrogen functional groups attached to an aromatic ring is 1. The lowest BCUT2D eigenvalue weighted by atomic mass is 9.94. The number of anilines is 1. The predicted molar refractivity (Wildman–Crippen MR) is 77.6 cm³/mol. The molecular weight excluding hydrogens is 284 g/mol. The lowest BCUT2D eigenvalue weighted by Crippen LogP contribution is -2.42. The fourth-order valence-electron chi connectivity index (χ4n) is 2.62. The minimum atomic E-state index is -3.47. The van der Waals surface area contributed by atoms with Crippen molar-refractivity contribution in [2.45, 2.75) is 25.2 Å². The Balaban J connectivity index is 2.33. The van der Waals surface area contributed by atoms with Gasteiger partial charge in [0.15, 0.2) is 0 Å². The second kappa shape index (κ2) is 5.31. The lowest BCUT2D eigenvalue weighted by molar-refractivity contribution is 0.222. The molecule has 1 aliphatic heterocycles. The molecule has 1 aromatic rings. The summed E-state index contributed by atoms with van der Waals surface area (Å²) in [6, 6.07) is 4.47. The van der Waals surface area contributed by atoms with Gasteiger partial charge < -0.3 is 5.73 Å². The van der Waals surface area contributed by atoms with Crippen LogP contribution in [-0.2, 0) is 10.0 Å². The van der Waals surface area contributed by atoms with Crippen molar-refractivity contribution in [2.75, 3.05) is 18.8 Å². The normalized spacial score (nSPS) is 25.4. The Labute approximate surface area is 119 Å². The van der Waals surface area contributed by atoms with E-state index in [9.17, 15) is 8.42 Å². The molecule has 2 N–H and O–H groups in total. The molecule has 0 amide bonds. The molecule has 4 nitrogen and oxygen atoms in total. The van der Waals surface area contributed by atoms with Crippen molar-refractivity contribution in [1.29, 1.82) is 0 Å². The molecule has 1 aromatic carbocycles. The van der Waals surface area contributed by atoms with E-state index in [0.29, 0.717) is 30.6 Å². The van der Waals surface area contributed by atoms with Crippen LogP contribution in [-0.4, -0.2) is 25.8 Å². The summed E-state index contributed by atoms with van der Waals surface area (Å²) in [5, 5.41) is 0.277. The number of hydrogen-bond acceptors (Lipinski definition) is 3. The number of piperidine rings is 1. The van der Waals surface area contributed by atoms with Crippen molar-refractivity contribution in [3.63, 3.8) is 0 Å². The summed E-state index contributed by atoms with van der Waals surface area (Å²) in [6.07, 6.45) is 1.06. The molecule has 0 bridgehead atoms. The molecule has 106 valence electrons. The first-order valence-electron chi connectivity index (χ1n) is 6.36. The van der Waals surface area contributed by atoms with E-state index in [0.717, 1.165) is 6.42 Å². The lowest BCUT2D eigenvalue weighted by Gasteiger charge is -2.34. The van der Waals surface area contributed by atoms with Gasteiger partial charge in [0, 0.05) is 13.1 Å². The minimum Gasteiger partial charge on any atom is -0.398 e. The van der Waals surface area contributed by atoms with Crippen molar-refractivity contribution >= 4 is 27.3 Å². The van der Waals surface area contributed by atoms with E-state index in [4.69, 9.17) is 17.3 Å². The molecular formula is C13H19ClN2O2S. The number of halogens is 1. The Morgan fingerprint density at radius 2 is 1.84 bits per heavy atom. The SMILES string of the molecule is CC1CC(C)CN(S(=O)(=O)c2ccc(N)c(Cl)c2)C1. The Bertz CT molecular complexity index is 564. The van der Waals surface area contributed by atoms with Crippen LogP contribution in [0.1, 0.15) is 20.3 Å². The molecule has 1 aliphatic rings. The van der Waals surface area contributed by atoms with Crippen LogP contribution in [0.4, 0.5) is 5.69 Å². The van der Waals surface area contributed by atoms with Crippen LogP contribution >= 0.6 is 11.6 Å². The molecule has 0 spiro atoms. The van der Waals surface area contributed by atoms with Crippen LogP contribution in [0.25, 0.3) is 0 Å². The fourth-order valence-corrected chi connectivity index (χ4v) is 4.57. The molecule has 19 heavy (non-hydrogen) atoms. The van der Waals surface area contributed by atoms with E-state index in [2.05, 4.69) is 13.8 Å². The zero-order chi connectivity index (χ0) is 14.2. The van der Waals surface area contributed by atoms with Gasteiger partial charge in [-0.3, -0.25) is 0 Å². The van der Waals surface area contributed by atoms with Crippen LogP contribution in [0.5, 0.6) is 0 Å². The maximum atomic E-state index is 12.6. The Morgan fingerprint density at radius 1 is 1.26 bits per heavy atom. The van der Waals surface area contributed by atoms with Gasteiger partial charge in [-0.25, -0.2) is 8.42 Å². The predicted octanol–water partition coefficient (Wildman–Crippen LogP) is 2.59. The van der Waals surface area contributed by atoms with Crippen molar-refractivity contribution in [1.82, 2.24) is 4.31 Å². The topological polar surface area (TPSA) is 63.4 Å². The van der Waals surface area contributed by atoms with Crippen molar-refractivity contribution in [3.8, 4) is 0 Å². The minimum absolute atomic E-state index is 0.216. The third kappa shape index (κ3) is 3.04. The van der Waals surface area contributed by atoms with Crippen LogP contribution in [0.3, 0.4) is 0 Å². The summed E-state index contributed by atoms with van der Waals surface area (Å²) in [5.74, 6) is 0.755. The van der Waals surface area contributed by atoms with Crippen LogP contribution < -0.4 is 5.73 Å². The monoisotopic (exact) mass is 302 g/mol. The molecule has 2 rings (SSSR count). The van der Waals surface area contributed by atoms with Gasteiger partial charge in [0.25, 0.3) is 0 Å². The third-order valence-corrected chi connectivity index (χ3v) is 5.60. The molecule has 0 aliphatic carbocycles. The summed E-state index contributed by atoms with van der Waals surface area (Å²) in [5.41, 5.74) is 6.00. The molecule has 0 aromatic heterocycles. The first-order chi connectivity index (χ1) is 8.80. The highest BCUT2D eigenvalue weighted by molar-refractivity contribution is 7.89. The van der Waals surface area contributed by atoms with Crippen molar-refractivity contribution in [2.24, 2.45) is 11.8 Å². The maximum absolute atomic E-state index is 12.6. The number of benzene rings is 1. The average molecular weight is 303 g/mol. The number of rotatable bonds is 2. The molecule has 0 saturated carbocycles. The number of sulfonamides is 1. The van der Waals surface area contributed by atoms with Gasteiger partial charge in [-0.1, -0.05) is 25.4 Å². The zero-order valence-electron chi connectivity index (χ0n) is 11.1. The van der Waals surface area contributed by atoms with E-state index in [-0.39, 0.29) is 9.92 Å². The van der Waals surface area contributed by atoms with Gasteiger partial charge in [0.2, 0.25) is 10.0 Å². The second-order valence-electron chi connectivity index (χ2n) is 5.45. The fraction of sp³-hybridized carbons (Fsp3) is 0.538. The number of nitrogens with two attached hydrogens (primary N) is 1. The van der Waals surface area contributed by atoms with Crippen LogP contribution in [0.15, 0.2) is 23.1 Å². The number of nitrogens with zero attached hydrogens (tertiary/aromatic N) is 1. The van der Waals surface area contributed by atoms with Crippen LogP contribution in [0.2, 0.25) is 5.02 Å². The van der Waals surface area contributed by atoms with Gasteiger partial charge in [0.1, 0.15) is 0 Å². The van der Waals surface area contributed by atoms with Gasteiger partial charge >= 0.3 is 0 Å². The first-order valence-corrected chi connectivity index (χ1v) is 8.17. The highest BCUT2D eigenvalue weighted by Crippen LogP contribution is 2.29. The first kappa shape index (κ1) is 14.6. The molecule has 2 atom stereocenters. The zero-order valence-corrected chi connectivity index (χ0v) is 12.7.